The third-order valence-electron chi connectivity index (χ3n) is 3.37. The molecule has 0 bridgehead atoms. The van der Waals surface area contributed by atoms with Crippen molar-refractivity contribution in [1.82, 2.24) is 20.4 Å². The summed E-state index contributed by atoms with van der Waals surface area (Å²) in [5.41, 5.74) is -0.0812. The highest BCUT2D eigenvalue weighted by Gasteiger charge is 2.12. The molecule has 1 aromatic carbocycles. The van der Waals surface area contributed by atoms with Gasteiger partial charge in [0.25, 0.3) is 5.91 Å². The van der Waals surface area contributed by atoms with Gasteiger partial charge in [-0.05, 0) is 30.7 Å². The first-order valence-corrected chi connectivity index (χ1v) is 10.00. The third kappa shape index (κ3) is 5.30. The summed E-state index contributed by atoms with van der Waals surface area (Å²) >= 11 is 2.52. The van der Waals surface area contributed by atoms with Crippen molar-refractivity contribution in [3.63, 3.8) is 0 Å². The second-order valence-electron chi connectivity index (χ2n) is 5.38. The quantitative estimate of drug-likeness (QED) is 0.568. The molecule has 2 heterocycles. The highest BCUT2D eigenvalue weighted by atomic mass is 32.2. The number of anilines is 2. The number of halogens is 1. The van der Waals surface area contributed by atoms with E-state index in [0.717, 1.165) is 11.4 Å². The molecule has 0 spiro atoms. The molecular formula is C17H15FN6O2S2. The lowest BCUT2D eigenvalue weighted by Crippen LogP contribution is -2.15. The normalized spacial score (nSPS) is 10.5. The molecule has 0 atom stereocenters. The molecule has 11 heteroatoms. The van der Waals surface area contributed by atoms with Crippen LogP contribution in [0.15, 0.2) is 41.4 Å². The van der Waals surface area contributed by atoms with Crippen LogP contribution in [0.1, 0.15) is 22.3 Å². The smallest absolute Gasteiger partial charge is 0.259 e. The molecule has 2 amide bonds. The van der Waals surface area contributed by atoms with E-state index in [4.69, 9.17) is 0 Å². The van der Waals surface area contributed by atoms with Crippen molar-refractivity contribution in [3.8, 4) is 0 Å². The number of carbonyl (C=O) groups is 2. The van der Waals surface area contributed by atoms with Gasteiger partial charge in [-0.2, -0.15) is 0 Å². The topological polar surface area (TPSA) is 110 Å². The van der Waals surface area contributed by atoms with Gasteiger partial charge in [-0.25, -0.2) is 4.39 Å². The van der Waals surface area contributed by atoms with Gasteiger partial charge in [-0.3, -0.25) is 14.9 Å². The van der Waals surface area contributed by atoms with Gasteiger partial charge >= 0.3 is 0 Å². The van der Waals surface area contributed by atoms with Gasteiger partial charge in [0.2, 0.25) is 11.0 Å². The van der Waals surface area contributed by atoms with E-state index < -0.39 is 11.7 Å². The van der Waals surface area contributed by atoms with Gasteiger partial charge in [-0.15, -0.1) is 20.4 Å². The van der Waals surface area contributed by atoms with Crippen molar-refractivity contribution >= 4 is 45.9 Å². The van der Waals surface area contributed by atoms with E-state index in [1.165, 1.54) is 47.4 Å². The first-order chi connectivity index (χ1) is 13.5. The van der Waals surface area contributed by atoms with Crippen LogP contribution in [0.5, 0.6) is 0 Å². The summed E-state index contributed by atoms with van der Waals surface area (Å²) in [6.45, 7) is 1.96. The van der Waals surface area contributed by atoms with Crippen molar-refractivity contribution in [2.45, 2.75) is 18.4 Å². The van der Waals surface area contributed by atoms with Crippen molar-refractivity contribution in [2.75, 3.05) is 16.4 Å². The Kier molecular flexibility index (Phi) is 6.61. The summed E-state index contributed by atoms with van der Waals surface area (Å²) in [6, 6.07) is 8.80. The van der Waals surface area contributed by atoms with Crippen LogP contribution in [0, 0.1) is 5.82 Å². The molecule has 28 heavy (non-hydrogen) atoms. The molecule has 3 aromatic rings. The highest BCUT2D eigenvalue weighted by Crippen LogP contribution is 2.19. The minimum absolute atomic E-state index is 0.0812. The molecule has 0 unspecified atom stereocenters. The minimum atomic E-state index is -0.618. The Labute approximate surface area is 168 Å². The van der Waals surface area contributed by atoms with Crippen molar-refractivity contribution in [2.24, 2.45) is 0 Å². The first kappa shape index (κ1) is 19.8. The molecule has 0 saturated carbocycles. The summed E-state index contributed by atoms with van der Waals surface area (Å²) in [5, 5.41) is 22.6. The Hall–Kier alpha value is -2.92. The van der Waals surface area contributed by atoms with E-state index in [2.05, 4.69) is 31.0 Å². The van der Waals surface area contributed by atoms with Crippen LogP contribution in [-0.2, 0) is 11.2 Å². The van der Waals surface area contributed by atoms with Crippen molar-refractivity contribution in [1.29, 1.82) is 0 Å². The Balaban J connectivity index is 1.50. The van der Waals surface area contributed by atoms with E-state index in [1.54, 1.807) is 12.1 Å². The minimum Gasteiger partial charge on any atom is -0.305 e. The predicted octanol–water partition coefficient (Wildman–Crippen LogP) is 3.01. The summed E-state index contributed by atoms with van der Waals surface area (Å²) in [5.74, 6) is -1.16. The number of hydrogen-bond acceptors (Lipinski definition) is 8. The number of nitrogens with zero attached hydrogens (tertiary/aromatic N) is 4. The van der Waals surface area contributed by atoms with E-state index in [1.807, 2.05) is 6.92 Å². The van der Waals surface area contributed by atoms with Crippen LogP contribution in [0.4, 0.5) is 15.3 Å². The van der Waals surface area contributed by atoms with Crippen LogP contribution in [-0.4, -0.2) is 38.0 Å². The number of nitrogens with one attached hydrogen (secondary N) is 2. The van der Waals surface area contributed by atoms with Gasteiger partial charge in [0, 0.05) is 0 Å². The van der Waals surface area contributed by atoms with Gasteiger partial charge in [0.15, 0.2) is 5.82 Å². The fourth-order valence-corrected chi connectivity index (χ4v) is 3.34. The number of aryl methyl sites for hydroxylation is 1. The van der Waals surface area contributed by atoms with Gasteiger partial charge in [0.05, 0.1) is 11.3 Å². The molecule has 3 rings (SSSR count). The lowest BCUT2D eigenvalue weighted by molar-refractivity contribution is -0.113. The number of carbonyl (C=O) groups excluding carboxylic acids is 2. The van der Waals surface area contributed by atoms with Gasteiger partial charge in [-0.1, -0.05) is 42.2 Å². The molecular weight excluding hydrogens is 403 g/mol. The lowest BCUT2D eigenvalue weighted by atomic mass is 10.2. The zero-order chi connectivity index (χ0) is 19.9. The maximum Gasteiger partial charge on any atom is 0.259 e. The molecule has 2 N–H and O–H groups in total. The molecule has 0 aliphatic rings. The van der Waals surface area contributed by atoms with Crippen LogP contribution in [0.3, 0.4) is 0 Å². The Morgan fingerprint density at radius 2 is 1.89 bits per heavy atom. The van der Waals surface area contributed by atoms with E-state index in [0.29, 0.717) is 10.2 Å². The standard InChI is InChI=1S/C17H15FN6O2S2/c1-2-14-22-24-17(28-14)20-13(25)9-27-15-8-7-12(21-23-15)19-16(26)10-5-3-4-6-11(10)18/h3-8H,2,9H2,1H3,(H,19,21,26)(H,20,24,25). The Morgan fingerprint density at radius 3 is 2.57 bits per heavy atom. The highest BCUT2D eigenvalue weighted by molar-refractivity contribution is 7.99. The lowest BCUT2D eigenvalue weighted by Gasteiger charge is -2.05. The van der Waals surface area contributed by atoms with E-state index >= 15 is 0 Å². The predicted molar refractivity (Wildman–Crippen MR) is 105 cm³/mol. The summed E-state index contributed by atoms with van der Waals surface area (Å²) < 4.78 is 13.6. The zero-order valence-electron chi connectivity index (χ0n) is 14.7. The number of amides is 2. The summed E-state index contributed by atoms with van der Waals surface area (Å²) in [7, 11) is 0. The molecule has 0 aliphatic heterocycles. The average Bonchev–Trinajstić information content (AvgIpc) is 3.15. The average molecular weight is 418 g/mol. The fourth-order valence-electron chi connectivity index (χ4n) is 2.03. The van der Waals surface area contributed by atoms with E-state index in [9.17, 15) is 14.0 Å². The summed E-state index contributed by atoms with van der Waals surface area (Å²) in [6.07, 6.45) is 0.762. The molecule has 144 valence electrons. The van der Waals surface area contributed by atoms with Gasteiger partial charge < -0.3 is 5.32 Å². The largest absolute Gasteiger partial charge is 0.305 e. The number of thioether (sulfide) groups is 1. The van der Waals surface area contributed by atoms with Gasteiger partial charge in [0.1, 0.15) is 15.9 Å². The number of rotatable bonds is 7. The first-order valence-electron chi connectivity index (χ1n) is 8.19. The molecule has 0 radical (unpaired) electrons. The molecule has 0 fully saturated rings. The van der Waals surface area contributed by atoms with Crippen LogP contribution in [0.25, 0.3) is 0 Å². The fraction of sp³-hybridized carbons (Fsp3) is 0.176. The van der Waals surface area contributed by atoms with Crippen molar-refractivity contribution in [3.05, 3.63) is 52.8 Å². The Morgan fingerprint density at radius 1 is 1.07 bits per heavy atom. The SMILES string of the molecule is CCc1nnc(NC(=O)CSc2ccc(NC(=O)c3ccccc3F)nn2)s1. The second-order valence-corrected chi connectivity index (χ2v) is 7.44. The van der Waals surface area contributed by atoms with E-state index in [-0.39, 0.29) is 23.0 Å². The maximum atomic E-state index is 13.6. The maximum absolute atomic E-state index is 13.6. The zero-order valence-corrected chi connectivity index (χ0v) is 16.3. The molecule has 8 nitrogen and oxygen atoms in total. The van der Waals surface area contributed by atoms with Crippen LogP contribution < -0.4 is 10.6 Å². The molecule has 0 saturated heterocycles. The monoisotopic (exact) mass is 418 g/mol. The Bertz CT molecular complexity index is 980. The number of benzene rings is 1. The van der Waals surface area contributed by atoms with Crippen LogP contribution in [0.2, 0.25) is 0 Å². The van der Waals surface area contributed by atoms with Crippen molar-refractivity contribution < 1.29 is 14.0 Å². The van der Waals surface area contributed by atoms with Crippen LogP contribution >= 0.6 is 23.1 Å². The number of aromatic nitrogens is 4. The summed E-state index contributed by atoms with van der Waals surface area (Å²) in [4.78, 5) is 24.0. The second kappa shape index (κ2) is 9.33. The molecule has 2 aromatic heterocycles. The third-order valence-corrected chi connectivity index (χ3v) is 5.27. The molecule has 0 aliphatic carbocycles. The number of hydrogen-bond donors (Lipinski definition) is 2.